The fourth-order valence-corrected chi connectivity index (χ4v) is 5.57. The molecule has 0 fully saturated rings. The normalized spacial score (nSPS) is 12.3. The van der Waals surface area contributed by atoms with E-state index in [0.29, 0.717) is 77.7 Å². The number of nitrogens with one attached hydrogen (secondary N) is 4. The minimum absolute atomic E-state index is 0.0372. The highest BCUT2D eigenvalue weighted by Crippen LogP contribution is 2.13. The number of carbonyl (C=O) groups is 4. The molecule has 0 aromatic rings. The van der Waals surface area contributed by atoms with E-state index in [2.05, 4.69) is 33.9 Å². The second-order valence-electron chi connectivity index (χ2n) is 13.0. The number of carbonyl (C=O) groups excluding carboxylic acids is 4. The summed E-state index contributed by atoms with van der Waals surface area (Å²) < 4.78 is 5.08. The Morgan fingerprint density at radius 3 is 1.41 bits per heavy atom. The van der Waals surface area contributed by atoms with Crippen LogP contribution >= 0.6 is 12.6 Å². The van der Waals surface area contributed by atoms with Crippen molar-refractivity contribution in [2.24, 2.45) is 11.5 Å². The van der Waals surface area contributed by atoms with E-state index in [1.807, 2.05) is 0 Å². The number of aliphatic hydroxyl groups excluding tert-OH is 1. The molecule has 0 rings (SSSR count). The van der Waals surface area contributed by atoms with Gasteiger partial charge in [0.05, 0.1) is 31.9 Å². The molecule has 13 heteroatoms. The molecule has 0 aliphatic carbocycles. The molecule has 0 aromatic carbocycles. The molecular formula is C36H72N6O6S. The first kappa shape index (κ1) is 47.1. The van der Waals surface area contributed by atoms with Gasteiger partial charge in [-0.3, -0.25) is 19.2 Å². The molecule has 0 unspecified atom stereocenters. The number of rotatable bonds is 36. The summed E-state index contributed by atoms with van der Waals surface area (Å²) in [5, 5.41) is 20.0. The number of hydrogen-bond acceptors (Lipinski definition) is 9. The lowest BCUT2D eigenvalue weighted by Crippen LogP contribution is -2.42. The molecule has 9 N–H and O–H groups in total. The van der Waals surface area contributed by atoms with Crippen LogP contribution in [0, 0.1) is 0 Å². The SMILES string of the molecule is N[C@@H](CCCCNC(=O)CCCNC(=O)CCCCCCCCCCCCCCCS)C(=O)NCCCC[C@H](N)C(=O)NCCOCCO. The van der Waals surface area contributed by atoms with Gasteiger partial charge in [-0.25, -0.2) is 0 Å². The fourth-order valence-electron chi connectivity index (χ4n) is 5.35. The van der Waals surface area contributed by atoms with Gasteiger partial charge in [0.1, 0.15) is 0 Å². The lowest BCUT2D eigenvalue weighted by Gasteiger charge is -2.14. The Labute approximate surface area is 302 Å². The maximum atomic E-state index is 12.2. The van der Waals surface area contributed by atoms with E-state index in [-0.39, 0.29) is 36.8 Å². The summed E-state index contributed by atoms with van der Waals surface area (Å²) in [6, 6.07) is -1.23. The summed E-state index contributed by atoms with van der Waals surface area (Å²) in [5.74, 6) is 0.584. The Kier molecular flexibility index (Phi) is 34.5. The molecule has 0 saturated carbocycles. The highest BCUT2D eigenvalue weighted by molar-refractivity contribution is 7.80. The highest BCUT2D eigenvalue weighted by atomic mass is 32.1. The van der Waals surface area contributed by atoms with Crippen molar-refractivity contribution in [1.29, 1.82) is 0 Å². The molecule has 0 spiro atoms. The second-order valence-corrected chi connectivity index (χ2v) is 13.4. The largest absolute Gasteiger partial charge is 0.394 e. The van der Waals surface area contributed by atoms with Crippen LogP contribution in [-0.2, 0) is 23.9 Å². The van der Waals surface area contributed by atoms with Crippen molar-refractivity contribution in [2.75, 3.05) is 51.8 Å². The summed E-state index contributed by atoms with van der Waals surface area (Å²) in [6.07, 6.45) is 21.8. The molecule has 0 radical (unpaired) electrons. The molecule has 0 saturated heterocycles. The molecule has 0 heterocycles. The van der Waals surface area contributed by atoms with E-state index < -0.39 is 12.1 Å². The molecule has 288 valence electrons. The zero-order valence-electron chi connectivity index (χ0n) is 30.5. The summed E-state index contributed by atoms with van der Waals surface area (Å²) in [6.45, 7) is 2.34. The van der Waals surface area contributed by atoms with Gasteiger partial charge in [0.2, 0.25) is 23.6 Å². The molecule has 2 atom stereocenters. The molecule has 0 aromatic heterocycles. The van der Waals surface area contributed by atoms with Crippen LogP contribution in [0.1, 0.15) is 141 Å². The predicted octanol–water partition coefficient (Wildman–Crippen LogP) is 3.63. The van der Waals surface area contributed by atoms with E-state index in [9.17, 15) is 19.2 Å². The fraction of sp³-hybridized carbons (Fsp3) is 0.889. The predicted molar refractivity (Wildman–Crippen MR) is 201 cm³/mol. The maximum absolute atomic E-state index is 12.2. The zero-order chi connectivity index (χ0) is 36.2. The van der Waals surface area contributed by atoms with Crippen LogP contribution in [0.4, 0.5) is 0 Å². The first-order chi connectivity index (χ1) is 23.8. The van der Waals surface area contributed by atoms with Crippen LogP contribution in [0.3, 0.4) is 0 Å². The van der Waals surface area contributed by atoms with E-state index >= 15 is 0 Å². The van der Waals surface area contributed by atoms with Crippen molar-refractivity contribution in [3.63, 3.8) is 0 Å². The van der Waals surface area contributed by atoms with Crippen LogP contribution in [0.2, 0.25) is 0 Å². The van der Waals surface area contributed by atoms with Gasteiger partial charge in [0.15, 0.2) is 0 Å². The number of ether oxygens (including phenoxy) is 1. The monoisotopic (exact) mass is 717 g/mol. The molecule has 0 bridgehead atoms. The summed E-state index contributed by atoms with van der Waals surface area (Å²) in [5.41, 5.74) is 11.9. The van der Waals surface area contributed by atoms with Crippen molar-refractivity contribution in [1.82, 2.24) is 21.3 Å². The zero-order valence-corrected chi connectivity index (χ0v) is 31.4. The van der Waals surface area contributed by atoms with E-state index in [0.717, 1.165) is 31.4 Å². The van der Waals surface area contributed by atoms with Gasteiger partial charge in [0, 0.05) is 39.0 Å². The van der Waals surface area contributed by atoms with Gasteiger partial charge < -0.3 is 42.6 Å². The van der Waals surface area contributed by atoms with Gasteiger partial charge in [-0.1, -0.05) is 70.6 Å². The third-order valence-corrected chi connectivity index (χ3v) is 8.74. The third kappa shape index (κ3) is 33.0. The number of unbranched alkanes of at least 4 members (excludes halogenated alkanes) is 14. The van der Waals surface area contributed by atoms with Gasteiger partial charge >= 0.3 is 0 Å². The van der Waals surface area contributed by atoms with Crippen molar-refractivity contribution in [2.45, 2.75) is 153 Å². The Bertz CT molecular complexity index is 825. The number of nitrogens with two attached hydrogens (primary N) is 2. The van der Waals surface area contributed by atoms with E-state index in [4.69, 9.17) is 21.3 Å². The van der Waals surface area contributed by atoms with Crippen molar-refractivity contribution in [3.05, 3.63) is 0 Å². The smallest absolute Gasteiger partial charge is 0.236 e. The Morgan fingerprint density at radius 1 is 0.510 bits per heavy atom. The van der Waals surface area contributed by atoms with E-state index in [1.54, 1.807) is 0 Å². The summed E-state index contributed by atoms with van der Waals surface area (Å²) >= 11 is 4.25. The van der Waals surface area contributed by atoms with Gasteiger partial charge in [-0.2, -0.15) is 12.6 Å². The molecule has 0 aliphatic heterocycles. The van der Waals surface area contributed by atoms with Crippen molar-refractivity contribution >= 4 is 36.3 Å². The molecule has 12 nitrogen and oxygen atoms in total. The van der Waals surface area contributed by atoms with Crippen LogP contribution in [0.25, 0.3) is 0 Å². The van der Waals surface area contributed by atoms with E-state index in [1.165, 1.54) is 70.6 Å². The number of hydrogen-bond donors (Lipinski definition) is 8. The van der Waals surface area contributed by atoms with Gasteiger partial charge in [-0.15, -0.1) is 0 Å². The average molecular weight is 717 g/mol. The lowest BCUT2D eigenvalue weighted by atomic mass is 10.0. The van der Waals surface area contributed by atoms with Crippen LogP contribution in [0.15, 0.2) is 0 Å². The standard InChI is InChI=1S/C36H72N6O6S/c37-31(35(46)41-24-16-14-20-32(38)36(47)42-26-28-48-29-27-43)19-13-15-23-39-34(45)22-18-25-40-33(44)21-12-10-8-6-4-2-1-3-5-7-9-11-17-30-49/h31-32,43,49H,1-30,37-38H2,(H,39,45)(H,40,44)(H,41,46)(H,42,47)/t31-,32-/m0/s1. The van der Waals surface area contributed by atoms with Crippen LogP contribution in [0.5, 0.6) is 0 Å². The molecule has 4 amide bonds. The lowest BCUT2D eigenvalue weighted by molar-refractivity contribution is -0.123. The average Bonchev–Trinajstić information content (AvgIpc) is 3.09. The Hall–Kier alpha value is -1.93. The van der Waals surface area contributed by atoms with Crippen molar-refractivity contribution < 1.29 is 29.0 Å². The van der Waals surface area contributed by atoms with Gasteiger partial charge in [0.25, 0.3) is 0 Å². The topological polar surface area (TPSA) is 198 Å². The first-order valence-corrected chi connectivity index (χ1v) is 19.8. The second kappa shape index (κ2) is 35.9. The number of aliphatic hydroxyl groups is 1. The third-order valence-electron chi connectivity index (χ3n) is 8.42. The Balaban J connectivity index is 3.56. The molecule has 0 aliphatic rings. The quantitative estimate of drug-likeness (QED) is 0.0355. The highest BCUT2D eigenvalue weighted by Gasteiger charge is 2.14. The van der Waals surface area contributed by atoms with Gasteiger partial charge in [-0.05, 0) is 63.5 Å². The molecular weight excluding hydrogens is 644 g/mol. The number of thiol groups is 1. The first-order valence-electron chi connectivity index (χ1n) is 19.2. The Morgan fingerprint density at radius 2 is 0.918 bits per heavy atom. The maximum Gasteiger partial charge on any atom is 0.236 e. The minimum Gasteiger partial charge on any atom is -0.394 e. The van der Waals surface area contributed by atoms with Crippen LogP contribution in [-0.4, -0.2) is 92.6 Å². The summed E-state index contributed by atoms with van der Waals surface area (Å²) in [4.78, 5) is 48.3. The minimum atomic E-state index is -0.621. The van der Waals surface area contributed by atoms with Crippen LogP contribution < -0.4 is 32.7 Å². The van der Waals surface area contributed by atoms with Crippen molar-refractivity contribution in [3.8, 4) is 0 Å². The molecule has 49 heavy (non-hydrogen) atoms. The summed E-state index contributed by atoms with van der Waals surface area (Å²) in [7, 11) is 0. The number of amides is 4.